The maximum Gasteiger partial charge on any atom is 0.257 e. The number of carbonyl (C=O) groups is 1. The molecule has 5 heteroatoms. The molecule has 1 aromatic rings. The zero-order chi connectivity index (χ0) is 13.1. The minimum absolute atomic E-state index is 0.0273. The first-order chi connectivity index (χ1) is 8.65. The molecule has 18 heavy (non-hydrogen) atoms. The predicted molar refractivity (Wildman–Crippen MR) is 70.8 cm³/mol. The molecule has 2 rings (SSSR count). The van der Waals surface area contributed by atoms with Gasteiger partial charge in [0.2, 0.25) is 0 Å². The van der Waals surface area contributed by atoms with Crippen LogP contribution in [0.4, 0.5) is 4.39 Å². The van der Waals surface area contributed by atoms with Crippen LogP contribution in [0.15, 0.2) is 18.2 Å². The average Bonchev–Trinajstić information content (AvgIpc) is 2.29. The molecule has 0 heterocycles. The van der Waals surface area contributed by atoms with Gasteiger partial charge in [-0.25, -0.2) is 4.39 Å². The van der Waals surface area contributed by atoms with Crippen LogP contribution in [0.3, 0.4) is 0 Å². The number of amides is 1. The zero-order valence-corrected chi connectivity index (χ0v) is 11.3. The van der Waals surface area contributed by atoms with Gasteiger partial charge < -0.3 is 4.90 Å². The summed E-state index contributed by atoms with van der Waals surface area (Å²) in [7, 11) is 0. The highest BCUT2D eigenvalue weighted by atomic mass is 35.5. The van der Waals surface area contributed by atoms with E-state index >= 15 is 0 Å². The van der Waals surface area contributed by atoms with Crippen molar-refractivity contribution in [3.05, 3.63) is 34.6 Å². The van der Waals surface area contributed by atoms with E-state index in [1.807, 2.05) is 0 Å². The van der Waals surface area contributed by atoms with Crippen molar-refractivity contribution in [3.8, 4) is 0 Å². The van der Waals surface area contributed by atoms with Gasteiger partial charge in [-0.1, -0.05) is 17.7 Å². The minimum Gasteiger partial charge on any atom is -0.334 e. The van der Waals surface area contributed by atoms with Crippen LogP contribution in [-0.4, -0.2) is 29.3 Å². The average molecular weight is 290 g/mol. The highest BCUT2D eigenvalue weighted by Crippen LogP contribution is 2.27. The third-order valence-corrected chi connectivity index (χ3v) is 3.74. The molecule has 0 N–H and O–H groups in total. The number of hydrogen-bond acceptors (Lipinski definition) is 1. The Morgan fingerprint density at radius 2 is 2.17 bits per heavy atom. The van der Waals surface area contributed by atoms with Crippen LogP contribution in [0, 0.1) is 5.82 Å². The molecule has 0 aromatic heterocycles. The molecule has 0 radical (unpaired) electrons. The SMILES string of the molecule is O=C(c1cccc(Cl)c1F)N(CCCl)C1CCC1. The Balaban J connectivity index is 2.24. The number of alkyl halides is 1. The summed E-state index contributed by atoms with van der Waals surface area (Å²) in [5.41, 5.74) is 0.0273. The summed E-state index contributed by atoms with van der Waals surface area (Å²) in [6.45, 7) is 0.441. The first kappa shape index (κ1) is 13.6. The maximum absolute atomic E-state index is 13.8. The van der Waals surface area contributed by atoms with Gasteiger partial charge in [0.1, 0.15) is 0 Å². The molecule has 98 valence electrons. The van der Waals surface area contributed by atoms with Crippen LogP contribution >= 0.6 is 23.2 Å². The molecule has 1 amide bonds. The number of halogens is 3. The maximum atomic E-state index is 13.8. The Morgan fingerprint density at radius 1 is 1.44 bits per heavy atom. The molecule has 1 saturated carbocycles. The third kappa shape index (κ3) is 2.62. The number of rotatable bonds is 4. The summed E-state index contributed by atoms with van der Waals surface area (Å²) in [4.78, 5) is 14.0. The fraction of sp³-hybridized carbons (Fsp3) is 0.462. The lowest BCUT2D eigenvalue weighted by Gasteiger charge is -2.37. The number of benzene rings is 1. The summed E-state index contributed by atoms with van der Waals surface area (Å²) >= 11 is 11.4. The molecule has 1 aromatic carbocycles. The summed E-state index contributed by atoms with van der Waals surface area (Å²) < 4.78 is 13.8. The van der Waals surface area contributed by atoms with Crippen molar-refractivity contribution in [1.82, 2.24) is 4.90 Å². The van der Waals surface area contributed by atoms with Crippen LogP contribution in [0.2, 0.25) is 5.02 Å². The second-order valence-electron chi connectivity index (χ2n) is 4.37. The fourth-order valence-electron chi connectivity index (χ4n) is 2.06. The lowest BCUT2D eigenvalue weighted by molar-refractivity contribution is 0.0593. The first-order valence-corrected chi connectivity index (χ1v) is 6.87. The van der Waals surface area contributed by atoms with Gasteiger partial charge in [-0.3, -0.25) is 4.79 Å². The molecule has 1 fully saturated rings. The number of nitrogens with zero attached hydrogens (tertiary/aromatic N) is 1. The normalized spacial score (nSPS) is 15.3. The van der Waals surface area contributed by atoms with E-state index in [0.717, 1.165) is 19.3 Å². The van der Waals surface area contributed by atoms with Crippen molar-refractivity contribution in [2.24, 2.45) is 0 Å². The van der Waals surface area contributed by atoms with Gasteiger partial charge in [-0.2, -0.15) is 0 Å². The van der Waals surface area contributed by atoms with Gasteiger partial charge in [0.05, 0.1) is 10.6 Å². The van der Waals surface area contributed by atoms with Crippen LogP contribution in [-0.2, 0) is 0 Å². The van der Waals surface area contributed by atoms with Crippen molar-refractivity contribution in [2.75, 3.05) is 12.4 Å². The van der Waals surface area contributed by atoms with Gasteiger partial charge in [0, 0.05) is 18.5 Å². The number of carbonyl (C=O) groups excluding carboxylic acids is 1. The highest BCUT2D eigenvalue weighted by molar-refractivity contribution is 6.31. The third-order valence-electron chi connectivity index (χ3n) is 3.28. The van der Waals surface area contributed by atoms with Crippen molar-refractivity contribution >= 4 is 29.1 Å². The Labute approximate surface area is 116 Å². The molecular weight excluding hydrogens is 276 g/mol. The van der Waals surface area contributed by atoms with Gasteiger partial charge in [-0.05, 0) is 31.4 Å². The zero-order valence-electron chi connectivity index (χ0n) is 9.83. The Kier molecular flexibility index (Phi) is 4.46. The van der Waals surface area contributed by atoms with Crippen molar-refractivity contribution in [2.45, 2.75) is 25.3 Å². The minimum atomic E-state index is -0.650. The molecule has 0 atom stereocenters. The van der Waals surface area contributed by atoms with E-state index < -0.39 is 5.82 Å². The van der Waals surface area contributed by atoms with Crippen LogP contribution in [0.1, 0.15) is 29.6 Å². The lowest BCUT2D eigenvalue weighted by Crippen LogP contribution is -2.45. The molecular formula is C13H14Cl2FNO. The van der Waals surface area contributed by atoms with Crippen LogP contribution in [0.5, 0.6) is 0 Å². The van der Waals surface area contributed by atoms with Crippen molar-refractivity contribution < 1.29 is 9.18 Å². The van der Waals surface area contributed by atoms with E-state index in [-0.39, 0.29) is 22.5 Å². The monoisotopic (exact) mass is 289 g/mol. The number of hydrogen-bond donors (Lipinski definition) is 0. The summed E-state index contributed by atoms with van der Waals surface area (Å²) in [5.74, 6) is -0.617. The molecule has 0 saturated heterocycles. The van der Waals surface area contributed by atoms with E-state index in [1.54, 1.807) is 11.0 Å². The Hall–Kier alpha value is -0.800. The molecule has 0 bridgehead atoms. The standard InChI is InChI=1S/C13H14Cl2FNO/c14-7-8-17(9-3-1-4-9)13(18)10-5-2-6-11(15)12(10)16/h2,5-6,9H,1,3-4,7-8H2. The first-order valence-electron chi connectivity index (χ1n) is 5.96. The van der Waals surface area contributed by atoms with E-state index in [2.05, 4.69) is 0 Å². The molecule has 1 aliphatic rings. The fourth-order valence-corrected chi connectivity index (χ4v) is 2.42. The smallest absolute Gasteiger partial charge is 0.257 e. The van der Waals surface area contributed by atoms with E-state index in [0.29, 0.717) is 12.4 Å². The van der Waals surface area contributed by atoms with Gasteiger partial charge in [0.25, 0.3) is 5.91 Å². The predicted octanol–water partition coefficient (Wildman–Crippen LogP) is 3.71. The highest BCUT2D eigenvalue weighted by Gasteiger charge is 2.30. The van der Waals surface area contributed by atoms with Gasteiger partial charge >= 0.3 is 0 Å². The Morgan fingerprint density at radius 3 is 2.72 bits per heavy atom. The Bertz CT molecular complexity index is 449. The topological polar surface area (TPSA) is 20.3 Å². The summed E-state index contributed by atoms with van der Waals surface area (Å²) in [6, 6.07) is 4.67. The molecule has 0 aliphatic heterocycles. The second-order valence-corrected chi connectivity index (χ2v) is 5.16. The van der Waals surface area contributed by atoms with Gasteiger partial charge in [0.15, 0.2) is 5.82 Å². The molecule has 0 spiro atoms. The van der Waals surface area contributed by atoms with Crippen LogP contribution < -0.4 is 0 Å². The quantitative estimate of drug-likeness (QED) is 0.774. The van der Waals surface area contributed by atoms with Crippen LogP contribution in [0.25, 0.3) is 0 Å². The van der Waals surface area contributed by atoms with E-state index in [1.165, 1.54) is 12.1 Å². The summed E-state index contributed by atoms with van der Waals surface area (Å²) in [6.07, 6.45) is 3.03. The molecule has 2 nitrogen and oxygen atoms in total. The second kappa shape index (κ2) is 5.89. The van der Waals surface area contributed by atoms with Crippen molar-refractivity contribution in [3.63, 3.8) is 0 Å². The van der Waals surface area contributed by atoms with Crippen molar-refractivity contribution in [1.29, 1.82) is 0 Å². The van der Waals surface area contributed by atoms with E-state index in [4.69, 9.17) is 23.2 Å². The molecule has 1 aliphatic carbocycles. The van der Waals surface area contributed by atoms with E-state index in [9.17, 15) is 9.18 Å². The summed E-state index contributed by atoms with van der Waals surface area (Å²) in [5, 5.41) is -0.0275. The lowest BCUT2D eigenvalue weighted by atomic mass is 9.91. The van der Waals surface area contributed by atoms with Gasteiger partial charge in [-0.15, -0.1) is 11.6 Å². The largest absolute Gasteiger partial charge is 0.334 e. The molecule has 0 unspecified atom stereocenters.